The highest BCUT2D eigenvalue weighted by molar-refractivity contribution is 5.90. The zero-order valence-corrected chi connectivity index (χ0v) is 11.3. The summed E-state index contributed by atoms with van der Waals surface area (Å²) in [5.41, 5.74) is 0.574. The summed E-state index contributed by atoms with van der Waals surface area (Å²) in [6.07, 6.45) is 3.43. The number of nitrogens with zero attached hydrogens (tertiary/aromatic N) is 2. The number of amides is 1. The van der Waals surface area contributed by atoms with E-state index in [9.17, 15) is 9.18 Å². The summed E-state index contributed by atoms with van der Waals surface area (Å²) in [4.78, 5) is 16.1. The van der Waals surface area contributed by atoms with Gasteiger partial charge in [-0.3, -0.25) is 4.79 Å². The highest BCUT2D eigenvalue weighted by Gasteiger charge is 2.07. The fourth-order valence-electron chi connectivity index (χ4n) is 1.78. The van der Waals surface area contributed by atoms with Crippen LogP contribution in [0.2, 0.25) is 0 Å². The molecule has 0 atom stereocenters. The normalized spacial score (nSPS) is 10.5. The number of carbonyl (C=O) groups excluding carboxylic acids is 1. The van der Waals surface area contributed by atoms with Crippen molar-refractivity contribution in [3.05, 3.63) is 48.3 Å². The monoisotopic (exact) mass is 276 g/mol. The molecule has 0 saturated carbocycles. The number of hydrogen-bond acceptors (Lipinski definition) is 3. The molecule has 0 aliphatic heterocycles. The summed E-state index contributed by atoms with van der Waals surface area (Å²) >= 11 is 0. The second-order valence-electron chi connectivity index (χ2n) is 4.31. The molecule has 0 saturated heterocycles. The van der Waals surface area contributed by atoms with Gasteiger partial charge in [-0.1, -0.05) is 6.92 Å². The molecule has 0 radical (unpaired) electrons. The average molecular weight is 276 g/mol. The second kappa shape index (κ2) is 6.81. The number of halogens is 1. The molecular formula is C14H17FN4O. The summed E-state index contributed by atoms with van der Waals surface area (Å²) in [5.74, 6) is 0.305. The first-order chi connectivity index (χ1) is 9.69. The highest BCUT2D eigenvalue weighted by atomic mass is 19.1. The molecule has 1 heterocycles. The zero-order chi connectivity index (χ0) is 14.4. The van der Waals surface area contributed by atoms with E-state index in [2.05, 4.69) is 15.6 Å². The Kier molecular flexibility index (Phi) is 4.84. The molecule has 1 amide bonds. The van der Waals surface area contributed by atoms with Crippen molar-refractivity contribution >= 4 is 11.6 Å². The molecular weight excluding hydrogens is 259 g/mol. The van der Waals surface area contributed by atoms with Gasteiger partial charge >= 0.3 is 0 Å². The van der Waals surface area contributed by atoms with E-state index in [0.29, 0.717) is 12.2 Å². The Morgan fingerprint density at radius 3 is 2.80 bits per heavy atom. The van der Waals surface area contributed by atoms with Gasteiger partial charge in [0.15, 0.2) is 0 Å². The van der Waals surface area contributed by atoms with E-state index in [4.69, 9.17) is 0 Å². The Morgan fingerprint density at radius 2 is 2.10 bits per heavy atom. The third-order valence-electron chi connectivity index (χ3n) is 2.78. The molecule has 1 aromatic heterocycles. The Bertz CT molecular complexity index is 565. The number of rotatable bonds is 6. The van der Waals surface area contributed by atoms with Gasteiger partial charge in [0, 0.05) is 18.1 Å². The number of benzene rings is 1. The van der Waals surface area contributed by atoms with Gasteiger partial charge in [0.1, 0.15) is 18.2 Å². The highest BCUT2D eigenvalue weighted by Crippen LogP contribution is 2.08. The molecule has 1 aromatic carbocycles. The molecule has 0 bridgehead atoms. The number of hydrogen-bond donors (Lipinski definition) is 2. The van der Waals surface area contributed by atoms with Crippen LogP contribution in [0.3, 0.4) is 0 Å². The van der Waals surface area contributed by atoms with Crippen LogP contribution in [0.15, 0.2) is 36.7 Å². The minimum absolute atomic E-state index is 0.174. The first-order valence-electron chi connectivity index (χ1n) is 6.45. The van der Waals surface area contributed by atoms with Crippen LogP contribution in [0.1, 0.15) is 12.7 Å². The maximum atomic E-state index is 12.8. The second-order valence-corrected chi connectivity index (χ2v) is 4.31. The van der Waals surface area contributed by atoms with Crippen LogP contribution in [0.25, 0.3) is 0 Å². The molecule has 0 spiro atoms. The number of aromatic nitrogens is 2. The fourth-order valence-corrected chi connectivity index (χ4v) is 1.78. The van der Waals surface area contributed by atoms with Crippen molar-refractivity contribution < 1.29 is 9.18 Å². The molecule has 2 N–H and O–H groups in total. The van der Waals surface area contributed by atoms with Gasteiger partial charge in [0.2, 0.25) is 5.91 Å². The van der Waals surface area contributed by atoms with Gasteiger partial charge in [0.05, 0.1) is 6.54 Å². The predicted octanol–water partition coefficient (Wildman–Crippen LogP) is 1.77. The first-order valence-corrected chi connectivity index (χ1v) is 6.45. The van der Waals surface area contributed by atoms with Crippen molar-refractivity contribution in [3.63, 3.8) is 0 Å². The Balaban J connectivity index is 1.94. The van der Waals surface area contributed by atoms with E-state index in [0.717, 1.165) is 12.4 Å². The van der Waals surface area contributed by atoms with Crippen LogP contribution in [0.4, 0.5) is 10.1 Å². The Labute approximate surface area is 116 Å². The van der Waals surface area contributed by atoms with Gasteiger partial charge < -0.3 is 15.2 Å². The van der Waals surface area contributed by atoms with E-state index < -0.39 is 0 Å². The molecule has 2 rings (SSSR count). The van der Waals surface area contributed by atoms with E-state index in [-0.39, 0.29) is 18.3 Å². The van der Waals surface area contributed by atoms with E-state index in [1.54, 1.807) is 17.0 Å². The standard InChI is InChI=1S/C14H17FN4O/c1-2-16-9-13-17-7-8-19(13)10-14(20)18-12-5-3-11(15)4-6-12/h3-8,16H,2,9-10H2,1H3,(H,18,20). The topological polar surface area (TPSA) is 59.0 Å². The third-order valence-corrected chi connectivity index (χ3v) is 2.78. The predicted molar refractivity (Wildman–Crippen MR) is 74.6 cm³/mol. The van der Waals surface area contributed by atoms with Crippen molar-refractivity contribution in [2.75, 3.05) is 11.9 Å². The molecule has 0 aliphatic rings. The maximum absolute atomic E-state index is 12.8. The Morgan fingerprint density at radius 1 is 1.35 bits per heavy atom. The van der Waals surface area contributed by atoms with Gasteiger partial charge in [-0.15, -0.1) is 0 Å². The first kappa shape index (κ1) is 14.2. The summed E-state index contributed by atoms with van der Waals surface area (Å²) in [6.45, 7) is 3.65. The van der Waals surface area contributed by atoms with Crippen molar-refractivity contribution in [2.45, 2.75) is 20.0 Å². The van der Waals surface area contributed by atoms with Crippen LogP contribution >= 0.6 is 0 Å². The van der Waals surface area contributed by atoms with Crippen molar-refractivity contribution in [1.29, 1.82) is 0 Å². The van der Waals surface area contributed by atoms with Gasteiger partial charge in [-0.25, -0.2) is 9.37 Å². The van der Waals surface area contributed by atoms with E-state index in [1.165, 1.54) is 24.3 Å². The van der Waals surface area contributed by atoms with E-state index in [1.807, 2.05) is 6.92 Å². The van der Waals surface area contributed by atoms with Crippen molar-refractivity contribution in [3.8, 4) is 0 Å². The average Bonchev–Trinajstić information content (AvgIpc) is 2.86. The van der Waals surface area contributed by atoms with Gasteiger partial charge in [-0.05, 0) is 30.8 Å². The molecule has 0 fully saturated rings. The molecule has 0 unspecified atom stereocenters. The Hall–Kier alpha value is -2.21. The number of nitrogens with one attached hydrogen (secondary N) is 2. The smallest absolute Gasteiger partial charge is 0.244 e. The SMILES string of the molecule is CCNCc1nccn1CC(=O)Nc1ccc(F)cc1. The zero-order valence-electron chi connectivity index (χ0n) is 11.3. The van der Waals surface area contributed by atoms with Crippen LogP contribution in [0.5, 0.6) is 0 Å². The third kappa shape index (κ3) is 3.89. The van der Waals surface area contributed by atoms with Crippen molar-refractivity contribution in [1.82, 2.24) is 14.9 Å². The number of anilines is 1. The molecule has 106 valence electrons. The van der Waals surface area contributed by atoms with Gasteiger partial charge in [-0.2, -0.15) is 0 Å². The lowest BCUT2D eigenvalue weighted by Gasteiger charge is -2.09. The molecule has 2 aromatic rings. The summed E-state index contributed by atoms with van der Waals surface area (Å²) in [6, 6.07) is 5.67. The molecule has 6 heteroatoms. The summed E-state index contributed by atoms with van der Waals surface area (Å²) < 4.78 is 14.5. The van der Waals surface area contributed by atoms with Crippen molar-refractivity contribution in [2.24, 2.45) is 0 Å². The lowest BCUT2D eigenvalue weighted by Crippen LogP contribution is -2.22. The van der Waals surface area contributed by atoms with Crippen LogP contribution in [0, 0.1) is 5.82 Å². The summed E-state index contributed by atoms with van der Waals surface area (Å²) in [5, 5.41) is 5.88. The molecule has 5 nitrogen and oxygen atoms in total. The van der Waals surface area contributed by atoms with Gasteiger partial charge in [0.25, 0.3) is 0 Å². The lowest BCUT2D eigenvalue weighted by molar-refractivity contribution is -0.116. The maximum Gasteiger partial charge on any atom is 0.244 e. The van der Waals surface area contributed by atoms with Crippen LogP contribution in [-0.2, 0) is 17.9 Å². The molecule has 0 aliphatic carbocycles. The summed E-state index contributed by atoms with van der Waals surface area (Å²) in [7, 11) is 0. The minimum atomic E-state index is -0.328. The quantitative estimate of drug-likeness (QED) is 0.845. The number of imidazole rings is 1. The number of carbonyl (C=O) groups is 1. The lowest BCUT2D eigenvalue weighted by atomic mass is 10.3. The molecule has 20 heavy (non-hydrogen) atoms. The minimum Gasteiger partial charge on any atom is -0.325 e. The van der Waals surface area contributed by atoms with Crippen LogP contribution < -0.4 is 10.6 Å². The fraction of sp³-hybridized carbons (Fsp3) is 0.286. The van der Waals surface area contributed by atoms with E-state index >= 15 is 0 Å². The largest absolute Gasteiger partial charge is 0.325 e. The van der Waals surface area contributed by atoms with Crippen LogP contribution in [-0.4, -0.2) is 22.0 Å².